The molecule has 58 heavy (non-hydrogen) atoms. The Morgan fingerprint density at radius 1 is 0.379 bits per heavy atom. The molecular formula is C51H25N5S2. The minimum Gasteiger partial charge on any atom is -0.306 e. The van der Waals surface area contributed by atoms with Gasteiger partial charge in [-0.25, -0.2) is 0 Å². The van der Waals surface area contributed by atoms with Gasteiger partial charge in [0.05, 0.1) is 66.1 Å². The molecule has 266 valence electrons. The van der Waals surface area contributed by atoms with E-state index in [9.17, 15) is 15.8 Å². The number of hydrogen-bond donors (Lipinski definition) is 0. The zero-order chi connectivity index (χ0) is 38.6. The van der Waals surface area contributed by atoms with Gasteiger partial charge in [0.2, 0.25) is 0 Å². The van der Waals surface area contributed by atoms with E-state index in [1.807, 2.05) is 12.1 Å². The second kappa shape index (κ2) is 12.1. The molecule has 0 atom stereocenters. The molecule has 0 saturated heterocycles. The lowest BCUT2D eigenvalue weighted by Gasteiger charge is -2.19. The van der Waals surface area contributed by atoms with Crippen LogP contribution in [0.5, 0.6) is 0 Å². The monoisotopic (exact) mass is 771 g/mol. The molecule has 12 aromatic rings. The van der Waals surface area contributed by atoms with Crippen molar-refractivity contribution in [2.45, 2.75) is 0 Å². The lowest BCUT2D eigenvalue weighted by Crippen LogP contribution is -2.05. The maximum Gasteiger partial charge on any atom is 0.104 e. The van der Waals surface area contributed by atoms with E-state index in [-0.39, 0.29) is 0 Å². The van der Waals surface area contributed by atoms with Crippen molar-refractivity contribution in [3.63, 3.8) is 0 Å². The molecule has 0 aliphatic heterocycles. The van der Waals surface area contributed by atoms with Crippen LogP contribution in [0.3, 0.4) is 0 Å². The summed E-state index contributed by atoms with van der Waals surface area (Å²) in [6.45, 7) is 0. The molecule has 0 aliphatic carbocycles. The van der Waals surface area contributed by atoms with Gasteiger partial charge in [-0.3, -0.25) is 0 Å². The Bertz CT molecular complexity index is 3670. The topological polar surface area (TPSA) is 81.2 Å². The first-order valence-corrected chi connectivity index (χ1v) is 20.5. The standard InChI is InChI=1S/C51H25N5S2/c52-26-29-21-30(27-53)23-31(22-29)32-24-44(55-42-13-5-1-9-33(42)37-17-19-39-35-11-3-7-15-46(35)57-50(39)48(37)55)41(28-54)45(25-32)56-43-14-6-2-10-34(43)38-18-20-40-36-12-4-8-16-47(36)58-51(40)49(38)56/h1-25H. The number of thiophene rings is 2. The van der Waals surface area contributed by atoms with Crippen LogP contribution in [-0.2, 0) is 0 Å². The molecule has 0 bridgehead atoms. The SMILES string of the molecule is N#Cc1cc(C#N)cc(-c2cc(-n3c4ccccc4c4ccc5c6ccccc6sc5c43)c(C#N)c(-n3c4ccccc4c4ccc5c6ccccc6sc5c43)c2)c1. The number of benzene rings is 8. The van der Waals surface area contributed by atoms with Crippen LogP contribution in [0.1, 0.15) is 16.7 Å². The van der Waals surface area contributed by atoms with Gasteiger partial charge in [0.1, 0.15) is 11.6 Å². The summed E-state index contributed by atoms with van der Waals surface area (Å²) in [5, 5.41) is 41.0. The highest BCUT2D eigenvalue weighted by Crippen LogP contribution is 2.47. The minimum atomic E-state index is 0.397. The van der Waals surface area contributed by atoms with Gasteiger partial charge in [-0.1, -0.05) is 97.1 Å². The molecule has 0 aliphatic rings. The van der Waals surface area contributed by atoms with Gasteiger partial charge in [-0.05, 0) is 65.7 Å². The lowest BCUT2D eigenvalue weighted by atomic mass is 9.97. The zero-order valence-corrected chi connectivity index (χ0v) is 32.1. The largest absolute Gasteiger partial charge is 0.306 e. The van der Waals surface area contributed by atoms with E-state index in [1.165, 1.54) is 30.9 Å². The highest BCUT2D eigenvalue weighted by atomic mass is 32.1. The predicted octanol–water partition coefficient (Wildman–Crippen LogP) is 13.9. The second-order valence-corrected chi connectivity index (χ2v) is 16.7. The summed E-state index contributed by atoms with van der Waals surface area (Å²) < 4.78 is 9.24. The van der Waals surface area contributed by atoms with E-state index >= 15 is 0 Å². The van der Waals surface area contributed by atoms with E-state index < -0.39 is 0 Å². The number of fused-ring (bicyclic) bond motifs is 14. The first-order chi connectivity index (χ1) is 28.6. The molecule has 0 radical (unpaired) electrons. The number of rotatable bonds is 3. The van der Waals surface area contributed by atoms with E-state index in [1.54, 1.807) is 28.7 Å². The van der Waals surface area contributed by atoms with E-state index in [2.05, 4.69) is 161 Å². The van der Waals surface area contributed by atoms with E-state index in [4.69, 9.17) is 0 Å². The first kappa shape index (κ1) is 32.5. The molecule has 4 heterocycles. The average Bonchev–Trinajstić information content (AvgIpc) is 4.03. The van der Waals surface area contributed by atoms with Crippen LogP contribution in [0, 0.1) is 34.0 Å². The third-order valence-electron chi connectivity index (χ3n) is 11.6. The molecule has 0 N–H and O–H groups in total. The number of nitriles is 3. The highest BCUT2D eigenvalue weighted by Gasteiger charge is 2.25. The molecule has 7 heteroatoms. The normalized spacial score (nSPS) is 11.7. The molecule has 0 amide bonds. The average molecular weight is 772 g/mol. The fourth-order valence-corrected chi connectivity index (χ4v) is 11.6. The third kappa shape index (κ3) is 4.42. The summed E-state index contributed by atoms with van der Waals surface area (Å²) in [7, 11) is 0. The van der Waals surface area contributed by atoms with Gasteiger partial charge >= 0.3 is 0 Å². The van der Waals surface area contributed by atoms with Crippen molar-refractivity contribution in [3.8, 4) is 40.7 Å². The van der Waals surface area contributed by atoms with Crippen molar-refractivity contribution in [2.24, 2.45) is 0 Å². The van der Waals surface area contributed by atoms with Gasteiger partial charge in [-0.2, -0.15) is 15.8 Å². The van der Waals surface area contributed by atoms with Crippen molar-refractivity contribution in [1.29, 1.82) is 15.8 Å². The van der Waals surface area contributed by atoms with Gasteiger partial charge in [0.15, 0.2) is 0 Å². The second-order valence-electron chi connectivity index (χ2n) is 14.6. The van der Waals surface area contributed by atoms with E-state index in [0.717, 1.165) is 75.5 Å². The Hall–Kier alpha value is -7.73. The quantitative estimate of drug-likeness (QED) is 0.179. The van der Waals surface area contributed by atoms with E-state index in [0.29, 0.717) is 16.7 Å². The van der Waals surface area contributed by atoms with Crippen molar-refractivity contribution in [1.82, 2.24) is 9.13 Å². The molecule has 5 nitrogen and oxygen atoms in total. The Morgan fingerprint density at radius 2 is 0.793 bits per heavy atom. The van der Waals surface area contributed by atoms with Gasteiger partial charge in [-0.15, -0.1) is 22.7 Å². The zero-order valence-electron chi connectivity index (χ0n) is 30.5. The van der Waals surface area contributed by atoms with Crippen LogP contribution in [0.25, 0.3) is 106 Å². The predicted molar refractivity (Wildman–Crippen MR) is 240 cm³/mol. The number of nitrogens with zero attached hydrogens (tertiary/aromatic N) is 5. The Labute approximate surface area is 338 Å². The first-order valence-electron chi connectivity index (χ1n) is 18.8. The summed E-state index contributed by atoms with van der Waals surface area (Å²) in [6.07, 6.45) is 0. The lowest BCUT2D eigenvalue weighted by molar-refractivity contribution is 1.12. The molecule has 12 rings (SSSR count). The van der Waals surface area contributed by atoms with Crippen LogP contribution in [0.2, 0.25) is 0 Å². The summed E-state index contributed by atoms with van der Waals surface area (Å²) >= 11 is 3.54. The van der Waals surface area contributed by atoms with Crippen molar-refractivity contribution in [2.75, 3.05) is 0 Å². The van der Waals surface area contributed by atoms with Gasteiger partial charge in [0, 0.05) is 52.5 Å². The third-order valence-corrected chi connectivity index (χ3v) is 14.0. The molecule has 0 fully saturated rings. The summed E-state index contributed by atoms with van der Waals surface area (Å²) in [5.74, 6) is 0. The molecular weight excluding hydrogens is 747 g/mol. The molecule has 4 aromatic heterocycles. The van der Waals surface area contributed by atoms with Crippen LogP contribution in [0.15, 0.2) is 152 Å². The van der Waals surface area contributed by atoms with Crippen LogP contribution >= 0.6 is 22.7 Å². The van der Waals surface area contributed by atoms with Crippen molar-refractivity contribution in [3.05, 3.63) is 168 Å². The molecule has 0 unspecified atom stereocenters. The highest BCUT2D eigenvalue weighted by molar-refractivity contribution is 7.27. The Kier molecular flexibility index (Phi) is 6.80. The summed E-state index contributed by atoms with van der Waals surface area (Å²) in [6, 6.07) is 59.4. The van der Waals surface area contributed by atoms with Crippen LogP contribution in [0.4, 0.5) is 0 Å². The Morgan fingerprint density at radius 3 is 1.26 bits per heavy atom. The fourth-order valence-electron chi connectivity index (χ4n) is 9.13. The molecule has 8 aromatic carbocycles. The molecule has 0 saturated carbocycles. The summed E-state index contributed by atoms with van der Waals surface area (Å²) in [5.41, 5.74) is 8.33. The number of aromatic nitrogens is 2. The fraction of sp³-hybridized carbons (Fsp3) is 0. The number of para-hydroxylation sites is 2. The van der Waals surface area contributed by atoms with Gasteiger partial charge in [0.25, 0.3) is 0 Å². The Balaban J connectivity index is 1.30. The van der Waals surface area contributed by atoms with Gasteiger partial charge < -0.3 is 9.13 Å². The smallest absolute Gasteiger partial charge is 0.104 e. The van der Waals surface area contributed by atoms with Crippen molar-refractivity contribution < 1.29 is 0 Å². The van der Waals surface area contributed by atoms with Crippen LogP contribution in [-0.4, -0.2) is 9.13 Å². The molecule has 0 spiro atoms. The maximum absolute atomic E-state index is 11.6. The van der Waals surface area contributed by atoms with Crippen molar-refractivity contribution >= 4 is 107 Å². The summed E-state index contributed by atoms with van der Waals surface area (Å²) in [4.78, 5) is 0. The maximum atomic E-state index is 11.6. The number of hydrogen-bond acceptors (Lipinski definition) is 5. The minimum absolute atomic E-state index is 0.397. The van der Waals surface area contributed by atoms with Crippen LogP contribution < -0.4 is 0 Å².